The number of rotatable bonds is 5. The molecule has 3 nitrogen and oxygen atoms in total. The summed E-state index contributed by atoms with van der Waals surface area (Å²) >= 11 is 7.23. The Morgan fingerprint density at radius 1 is 1.15 bits per heavy atom. The van der Waals surface area contributed by atoms with Crippen molar-refractivity contribution in [2.24, 2.45) is 0 Å². The van der Waals surface area contributed by atoms with Crippen LogP contribution in [-0.2, 0) is 23.8 Å². The van der Waals surface area contributed by atoms with E-state index in [0.29, 0.717) is 15.6 Å². The molecule has 1 amide bonds. The van der Waals surface area contributed by atoms with Gasteiger partial charge in [0.25, 0.3) is 0 Å². The molecule has 1 aromatic heterocycles. The zero-order chi connectivity index (χ0) is 19.4. The van der Waals surface area contributed by atoms with Crippen LogP contribution >= 0.6 is 22.9 Å². The van der Waals surface area contributed by atoms with Crippen LogP contribution in [0.15, 0.2) is 54.7 Å². The van der Waals surface area contributed by atoms with Gasteiger partial charge in [-0.3, -0.25) is 4.79 Å². The summed E-state index contributed by atoms with van der Waals surface area (Å²) in [6, 6.07) is 12.5. The molecule has 0 spiro atoms. The summed E-state index contributed by atoms with van der Waals surface area (Å²) in [4.78, 5) is 16.9. The molecule has 1 heterocycles. The van der Waals surface area contributed by atoms with Gasteiger partial charge in [0.05, 0.1) is 12.0 Å². The van der Waals surface area contributed by atoms with Crippen LogP contribution in [0.1, 0.15) is 21.6 Å². The van der Waals surface area contributed by atoms with E-state index in [1.807, 2.05) is 30.3 Å². The third-order valence-corrected chi connectivity index (χ3v) is 5.03. The highest BCUT2D eigenvalue weighted by molar-refractivity contribution is 7.15. The third kappa shape index (κ3) is 5.30. The van der Waals surface area contributed by atoms with E-state index in [-0.39, 0.29) is 23.8 Å². The van der Waals surface area contributed by atoms with Crippen molar-refractivity contribution in [2.45, 2.75) is 19.0 Å². The number of amides is 1. The third-order valence-electron chi connectivity index (χ3n) is 3.75. The standard InChI is InChI=1S/C19H14ClF3N2OS/c20-16-7-6-14(19(21,22)23)9-13(16)10-15-11-24-18(27-15)25-17(26)8-12-4-2-1-3-5-12/h1-7,9,11H,8,10H2,(H,24,25,26). The van der Waals surface area contributed by atoms with Crippen molar-refractivity contribution in [1.82, 2.24) is 4.98 Å². The molecule has 0 unspecified atom stereocenters. The van der Waals surface area contributed by atoms with E-state index in [4.69, 9.17) is 11.6 Å². The number of hydrogen-bond donors (Lipinski definition) is 1. The molecule has 0 atom stereocenters. The number of aromatic nitrogens is 1. The second-order valence-corrected chi connectivity index (χ2v) is 7.35. The molecule has 27 heavy (non-hydrogen) atoms. The first-order valence-corrected chi connectivity index (χ1v) is 9.15. The number of nitrogens with zero attached hydrogens (tertiary/aromatic N) is 1. The molecule has 0 aliphatic heterocycles. The van der Waals surface area contributed by atoms with E-state index in [9.17, 15) is 18.0 Å². The number of carbonyl (C=O) groups excluding carboxylic acids is 1. The lowest BCUT2D eigenvalue weighted by atomic mass is 10.1. The first-order chi connectivity index (χ1) is 12.8. The average molecular weight is 411 g/mol. The maximum absolute atomic E-state index is 12.9. The van der Waals surface area contributed by atoms with Gasteiger partial charge in [0.15, 0.2) is 5.13 Å². The molecule has 2 aromatic carbocycles. The van der Waals surface area contributed by atoms with Gasteiger partial charge in [-0.15, -0.1) is 11.3 Å². The van der Waals surface area contributed by atoms with Gasteiger partial charge in [0.2, 0.25) is 5.91 Å². The van der Waals surface area contributed by atoms with E-state index in [2.05, 4.69) is 10.3 Å². The van der Waals surface area contributed by atoms with E-state index >= 15 is 0 Å². The quantitative estimate of drug-likeness (QED) is 0.596. The minimum Gasteiger partial charge on any atom is -0.302 e. The maximum atomic E-state index is 12.9. The van der Waals surface area contributed by atoms with Crippen LogP contribution in [0.4, 0.5) is 18.3 Å². The molecule has 0 bridgehead atoms. The highest BCUT2D eigenvalue weighted by Gasteiger charge is 2.30. The molecule has 0 saturated carbocycles. The van der Waals surface area contributed by atoms with Crippen molar-refractivity contribution < 1.29 is 18.0 Å². The number of anilines is 1. The van der Waals surface area contributed by atoms with Crippen LogP contribution in [0.2, 0.25) is 5.02 Å². The van der Waals surface area contributed by atoms with E-state index in [0.717, 1.165) is 17.7 Å². The second-order valence-electron chi connectivity index (χ2n) is 5.82. The van der Waals surface area contributed by atoms with Crippen molar-refractivity contribution in [2.75, 3.05) is 5.32 Å². The minimum absolute atomic E-state index is 0.203. The Kier molecular flexibility index (Phi) is 5.82. The predicted molar refractivity (Wildman–Crippen MR) is 100 cm³/mol. The smallest absolute Gasteiger partial charge is 0.302 e. The summed E-state index contributed by atoms with van der Waals surface area (Å²) in [6.45, 7) is 0. The lowest BCUT2D eigenvalue weighted by molar-refractivity contribution is -0.137. The highest BCUT2D eigenvalue weighted by Crippen LogP contribution is 2.33. The van der Waals surface area contributed by atoms with Crippen molar-refractivity contribution in [1.29, 1.82) is 0 Å². The Morgan fingerprint density at radius 2 is 1.89 bits per heavy atom. The molecule has 8 heteroatoms. The summed E-state index contributed by atoms with van der Waals surface area (Å²) < 4.78 is 38.6. The normalized spacial score (nSPS) is 11.4. The topological polar surface area (TPSA) is 42.0 Å². The Bertz CT molecular complexity index is 942. The monoisotopic (exact) mass is 410 g/mol. The number of thiazole rings is 1. The number of alkyl halides is 3. The molecule has 3 aromatic rings. The van der Waals surface area contributed by atoms with Gasteiger partial charge >= 0.3 is 6.18 Å². The number of nitrogens with one attached hydrogen (secondary N) is 1. The fourth-order valence-electron chi connectivity index (χ4n) is 2.47. The predicted octanol–water partition coefficient (Wildman–Crippen LogP) is 5.59. The average Bonchev–Trinajstić information content (AvgIpc) is 3.03. The Hall–Kier alpha value is -2.38. The van der Waals surface area contributed by atoms with Gasteiger partial charge in [-0.1, -0.05) is 41.9 Å². The van der Waals surface area contributed by atoms with Crippen molar-refractivity contribution in [3.63, 3.8) is 0 Å². The zero-order valence-corrected chi connectivity index (χ0v) is 15.5. The largest absolute Gasteiger partial charge is 0.416 e. The van der Waals surface area contributed by atoms with Crippen molar-refractivity contribution in [3.05, 3.63) is 81.3 Å². The van der Waals surface area contributed by atoms with E-state index in [1.165, 1.54) is 23.6 Å². The highest BCUT2D eigenvalue weighted by atomic mass is 35.5. The molecule has 140 valence electrons. The Balaban J connectivity index is 1.67. The lowest BCUT2D eigenvalue weighted by Gasteiger charge is -2.09. The number of hydrogen-bond acceptors (Lipinski definition) is 3. The van der Waals surface area contributed by atoms with Crippen molar-refractivity contribution >= 4 is 34.0 Å². The summed E-state index contributed by atoms with van der Waals surface area (Å²) in [6.07, 6.45) is -2.48. The molecule has 1 N–H and O–H groups in total. The van der Waals surface area contributed by atoms with Gasteiger partial charge < -0.3 is 5.32 Å². The van der Waals surface area contributed by atoms with E-state index < -0.39 is 11.7 Å². The molecular formula is C19H14ClF3N2OS. The molecule has 0 fully saturated rings. The van der Waals surface area contributed by atoms with Crippen LogP contribution in [-0.4, -0.2) is 10.9 Å². The fourth-order valence-corrected chi connectivity index (χ4v) is 3.50. The summed E-state index contributed by atoms with van der Waals surface area (Å²) in [5.74, 6) is -0.209. The van der Waals surface area contributed by atoms with Crippen LogP contribution in [0.25, 0.3) is 0 Å². The van der Waals surface area contributed by atoms with Crippen LogP contribution in [0.5, 0.6) is 0 Å². The zero-order valence-electron chi connectivity index (χ0n) is 13.9. The first-order valence-electron chi connectivity index (χ1n) is 7.95. The van der Waals surface area contributed by atoms with Gasteiger partial charge in [-0.25, -0.2) is 4.98 Å². The molecule has 0 aliphatic carbocycles. The molecule has 0 aliphatic rings. The summed E-state index contributed by atoms with van der Waals surface area (Å²) in [7, 11) is 0. The van der Waals surface area contributed by atoms with Crippen LogP contribution in [0, 0.1) is 0 Å². The summed E-state index contributed by atoms with van der Waals surface area (Å²) in [5.41, 5.74) is 0.489. The Morgan fingerprint density at radius 3 is 2.59 bits per heavy atom. The maximum Gasteiger partial charge on any atom is 0.416 e. The second kappa shape index (κ2) is 8.10. The van der Waals surface area contributed by atoms with Gasteiger partial charge in [-0.05, 0) is 29.3 Å². The number of halogens is 4. The Labute approximate surface area is 162 Å². The minimum atomic E-state index is -4.43. The fraction of sp³-hybridized carbons (Fsp3) is 0.158. The SMILES string of the molecule is O=C(Cc1ccccc1)Nc1ncc(Cc2cc(C(F)(F)F)ccc2Cl)s1. The molecule has 0 radical (unpaired) electrons. The van der Waals surface area contributed by atoms with Crippen LogP contribution < -0.4 is 5.32 Å². The summed E-state index contributed by atoms with van der Waals surface area (Å²) in [5, 5.41) is 3.36. The lowest BCUT2D eigenvalue weighted by Crippen LogP contribution is -2.13. The van der Waals surface area contributed by atoms with E-state index in [1.54, 1.807) is 0 Å². The molecule has 3 rings (SSSR count). The van der Waals surface area contributed by atoms with Gasteiger partial charge in [-0.2, -0.15) is 13.2 Å². The molecule has 0 saturated heterocycles. The van der Waals surface area contributed by atoms with Gasteiger partial charge in [0, 0.05) is 22.5 Å². The molecular weight excluding hydrogens is 397 g/mol. The van der Waals surface area contributed by atoms with Crippen LogP contribution in [0.3, 0.4) is 0 Å². The number of carbonyl (C=O) groups is 1. The van der Waals surface area contributed by atoms with Crippen molar-refractivity contribution in [3.8, 4) is 0 Å². The first kappa shape index (κ1) is 19.4. The number of benzene rings is 2. The van der Waals surface area contributed by atoms with Gasteiger partial charge in [0.1, 0.15) is 0 Å².